The van der Waals surface area contributed by atoms with Gasteiger partial charge in [0.1, 0.15) is 5.82 Å². The Balaban J connectivity index is 1.43. The first-order chi connectivity index (χ1) is 15.2. The van der Waals surface area contributed by atoms with Gasteiger partial charge in [-0.15, -0.1) is 0 Å². The first-order valence-corrected chi connectivity index (χ1v) is 10.8. The highest BCUT2D eigenvalue weighted by Gasteiger charge is 2.12. The summed E-state index contributed by atoms with van der Waals surface area (Å²) in [7, 11) is 0. The van der Waals surface area contributed by atoms with Gasteiger partial charge in [-0.3, -0.25) is 4.79 Å². The SMILES string of the molecule is NCCCNCCCCNCCCNc1cc2nc(-c3ccco3)[nH]c(=O)c2cc1F. The van der Waals surface area contributed by atoms with Crippen molar-refractivity contribution in [3.63, 3.8) is 0 Å². The minimum Gasteiger partial charge on any atom is -0.461 e. The van der Waals surface area contributed by atoms with Crippen molar-refractivity contribution >= 4 is 16.6 Å². The van der Waals surface area contributed by atoms with Gasteiger partial charge in [0.2, 0.25) is 0 Å². The molecule has 0 fully saturated rings. The number of aromatic nitrogens is 2. The molecule has 3 rings (SSSR count). The van der Waals surface area contributed by atoms with Crippen LogP contribution >= 0.6 is 0 Å². The molecule has 0 saturated heterocycles. The predicted octanol–water partition coefficient (Wildman–Crippen LogP) is 2.43. The molecule has 0 aliphatic heterocycles. The molecule has 2 aromatic heterocycles. The van der Waals surface area contributed by atoms with Crippen LogP contribution in [0, 0.1) is 5.82 Å². The summed E-state index contributed by atoms with van der Waals surface area (Å²) >= 11 is 0. The summed E-state index contributed by atoms with van der Waals surface area (Å²) in [5.74, 6) is 0.301. The number of hydrogen-bond donors (Lipinski definition) is 5. The molecule has 6 N–H and O–H groups in total. The van der Waals surface area contributed by atoms with Gasteiger partial charge < -0.3 is 31.1 Å². The van der Waals surface area contributed by atoms with Crippen LogP contribution in [-0.4, -0.2) is 49.2 Å². The Hall–Kier alpha value is -2.75. The van der Waals surface area contributed by atoms with Gasteiger partial charge in [-0.25, -0.2) is 9.37 Å². The van der Waals surface area contributed by atoms with E-state index in [-0.39, 0.29) is 5.39 Å². The van der Waals surface area contributed by atoms with Crippen molar-refractivity contribution in [2.24, 2.45) is 5.73 Å². The van der Waals surface area contributed by atoms with E-state index >= 15 is 0 Å². The molecule has 0 radical (unpaired) electrons. The Labute approximate surface area is 180 Å². The van der Waals surface area contributed by atoms with Gasteiger partial charge in [0.25, 0.3) is 5.56 Å². The molecule has 31 heavy (non-hydrogen) atoms. The second-order valence-electron chi connectivity index (χ2n) is 7.37. The second-order valence-corrected chi connectivity index (χ2v) is 7.37. The van der Waals surface area contributed by atoms with Crippen LogP contribution in [0.25, 0.3) is 22.5 Å². The standard InChI is InChI=1S/C22H31FN6O2/c23-17-14-16-18(28-21(29-22(16)30)20-6-3-13-31-20)15-19(17)27-12-5-11-26-9-2-1-8-25-10-4-7-24/h3,6,13-15,25-27H,1-2,4-5,7-12,24H2,(H,28,29,30). The van der Waals surface area contributed by atoms with Crippen LogP contribution in [0.4, 0.5) is 10.1 Å². The lowest BCUT2D eigenvalue weighted by Gasteiger charge is -2.10. The number of H-pyrrole nitrogens is 1. The van der Waals surface area contributed by atoms with E-state index in [4.69, 9.17) is 10.2 Å². The van der Waals surface area contributed by atoms with Crippen molar-refractivity contribution in [1.29, 1.82) is 0 Å². The largest absolute Gasteiger partial charge is 0.461 e. The zero-order valence-corrected chi connectivity index (χ0v) is 17.7. The Morgan fingerprint density at radius 1 is 1.03 bits per heavy atom. The normalized spacial score (nSPS) is 11.3. The Bertz CT molecular complexity index is 990. The third-order valence-corrected chi connectivity index (χ3v) is 4.91. The Kier molecular flexibility index (Phi) is 9.01. The average molecular weight is 431 g/mol. The van der Waals surface area contributed by atoms with E-state index in [0.29, 0.717) is 29.3 Å². The van der Waals surface area contributed by atoms with Crippen LogP contribution in [0.1, 0.15) is 25.7 Å². The quantitative estimate of drug-likeness (QED) is 0.249. The highest BCUT2D eigenvalue weighted by atomic mass is 19.1. The highest BCUT2D eigenvalue weighted by molar-refractivity contribution is 5.83. The molecule has 9 heteroatoms. The fourth-order valence-corrected chi connectivity index (χ4v) is 3.24. The number of rotatable bonds is 14. The van der Waals surface area contributed by atoms with Gasteiger partial charge in [0.05, 0.1) is 22.9 Å². The van der Waals surface area contributed by atoms with Crippen molar-refractivity contribution in [2.45, 2.75) is 25.7 Å². The summed E-state index contributed by atoms with van der Waals surface area (Å²) in [4.78, 5) is 19.3. The molecule has 0 amide bonds. The molecule has 8 nitrogen and oxygen atoms in total. The maximum atomic E-state index is 14.4. The fraction of sp³-hybridized carbons (Fsp3) is 0.455. The molecule has 0 atom stereocenters. The number of halogens is 1. The number of anilines is 1. The fourth-order valence-electron chi connectivity index (χ4n) is 3.24. The van der Waals surface area contributed by atoms with Crippen LogP contribution in [0.5, 0.6) is 0 Å². The topological polar surface area (TPSA) is 121 Å². The summed E-state index contributed by atoms with van der Waals surface area (Å²) in [5.41, 5.74) is 5.80. The average Bonchev–Trinajstić information content (AvgIpc) is 3.30. The number of nitrogens with one attached hydrogen (secondary N) is 4. The number of hydrogen-bond acceptors (Lipinski definition) is 7. The van der Waals surface area contributed by atoms with Gasteiger partial charge >= 0.3 is 0 Å². The maximum Gasteiger partial charge on any atom is 0.259 e. The molecule has 0 saturated carbocycles. The molecule has 3 aromatic rings. The molecule has 0 unspecified atom stereocenters. The minimum atomic E-state index is -0.472. The molecule has 0 aliphatic rings. The summed E-state index contributed by atoms with van der Waals surface area (Å²) < 4.78 is 19.7. The van der Waals surface area contributed by atoms with Crippen molar-refractivity contribution in [1.82, 2.24) is 20.6 Å². The summed E-state index contributed by atoms with van der Waals surface area (Å²) in [6.45, 7) is 5.16. The van der Waals surface area contributed by atoms with Crippen molar-refractivity contribution < 1.29 is 8.81 Å². The van der Waals surface area contributed by atoms with Crippen LogP contribution in [-0.2, 0) is 0 Å². The molecule has 0 spiro atoms. The van der Waals surface area contributed by atoms with Gasteiger partial charge in [0, 0.05) is 6.54 Å². The Morgan fingerprint density at radius 2 is 1.77 bits per heavy atom. The lowest BCUT2D eigenvalue weighted by Crippen LogP contribution is -2.22. The maximum absolute atomic E-state index is 14.4. The van der Waals surface area contributed by atoms with E-state index in [1.54, 1.807) is 18.2 Å². The van der Waals surface area contributed by atoms with E-state index in [1.165, 1.54) is 12.3 Å². The smallest absolute Gasteiger partial charge is 0.259 e. The monoisotopic (exact) mass is 430 g/mol. The third-order valence-electron chi connectivity index (χ3n) is 4.91. The highest BCUT2D eigenvalue weighted by Crippen LogP contribution is 2.22. The first kappa shape index (κ1) is 22.9. The lowest BCUT2D eigenvalue weighted by atomic mass is 10.2. The van der Waals surface area contributed by atoms with Crippen LogP contribution in [0.2, 0.25) is 0 Å². The van der Waals surface area contributed by atoms with Crippen molar-refractivity contribution in [3.05, 3.63) is 46.7 Å². The Morgan fingerprint density at radius 3 is 2.48 bits per heavy atom. The molecular formula is C22H31FN6O2. The van der Waals surface area contributed by atoms with E-state index in [1.807, 2.05) is 0 Å². The van der Waals surface area contributed by atoms with Crippen molar-refractivity contribution in [2.75, 3.05) is 44.6 Å². The van der Waals surface area contributed by atoms with E-state index < -0.39 is 11.4 Å². The van der Waals surface area contributed by atoms with Gasteiger partial charge in [-0.2, -0.15) is 0 Å². The summed E-state index contributed by atoms with van der Waals surface area (Å²) in [6, 6.07) is 6.20. The predicted molar refractivity (Wildman–Crippen MR) is 122 cm³/mol. The molecule has 1 aromatic carbocycles. The van der Waals surface area contributed by atoms with Crippen molar-refractivity contribution in [3.8, 4) is 11.6 Å². The number of furan rings is 1. The minimum absolute atomic E-state index is 0.206. The molecule has 168 valence electrons. The third kappa shape index (κ3) is 6.88. The van der Waals surface area contributed by atoms with Gasteiger partial charge in [-0.05, 0) is 82.7 Å². The van der Waals surface area contributed by atoms with Gasteiger partial charge in [-0.1, -0.05) is 0 Å². The molecular weight excluding hydrogens is 399 g/mol. The number of unbranched alkanes of at least 4 members (excludes halogenated alkanes) is 1. The summed E-state index contributed by atoms with van der Waals surface area (Å²) in [6.07, 6.45) is 5.61. The van der Waals surface area contributed by atoms with E-state index in [0.717, 1.165) is 58.4 Å². The molecule has 2 heterocycles. The number of nitrogens with zero attached hydrogens (tertiary/aromatic N) is 1. The number of benzene rings is 1. The number of aromatic amines is 1. The lowest BCUT2D eigenvalue weighted by molar-refractivity contribution is 0.571. The zero-order valence-electron chi connectivity index (χ0n) is 17.7. The van der Waals surface area contributed by atoms with E-state index in [9.17, 15) is 9.18 Å². The number of fused-ring (bicyclic) bond motifs is 1. The van der Waals surface area contributed by atoms with Crippen LogP contribution in [0.15, 0.2) is 39.7 Å². The van der Waals surface area contributed by atoms with Crippen LogP contribution < -0.4 is 27.2 Å². The molecule has 0 bridgehead atoms. The second kappa shape index (κ2) is 12.2. The zero-order chi connectivity index (χ0) is 21.9. The summed E-state index contributed by atoms with van der Waals surface area (Å²) in [5, 5.41) is 10.1. The number of nitrogens with two attached hydrogens (primary N) is 1. The first-order valence-electron chi connectivity index (χ1n) is 10.8. The van der Waals surface area contributed by atoms with Gasteiger partial charge in [0.15, 0.2) is 11.6 Å². The van der Waals surface area contributed by atoms with E-state index in [2.05, 4.69) is 25.9 Å². The van der Waals surface area contributed by atoms with Crippen LogP contribution in [0.3, 0.4) is 0 Å². The molecule has 0 aliphatic carbocycles.